The molecule has 0 heterocycles. The quantitative estimate of drug-likeness (QED) is 0.179. The molecule has 4 nitrogen and oxygen atoms in total. The number of benzene rings is 1. The summed E-state index contributed by atoms with van der Waals surface area (Å²) in [6, 6.07) is 5.17. The predicted octanol–water partition coefficient (Wildman–Crippen LogP) is 6.08. The molecule has 0 radical (unpaired) electrons. The first kappa shape index (κ1) is 26.5. The van der Waals surface area contributed by atoms with Crippen LogP contribution >= 0.6 is 7.51 Å². The van der Waals surface area contributed by atoms with Crippen molar-refractivity contribution in [1.29, 1.82) is 0 Å². The number of aryl methyl sites for hydroxylation is 1. The first-order chi connectivity index (χ1) is 13.8. The van der Waals surface area contributed by atoms with E-state index in [9.17, 15) is 19.6 Å². The molecule has 1 aromatic carbocycles. The van der Waals surface area contributed by atoms with Crippen LogP contribution in [-0.4, -0.2) is 19.6 Å². The summed E-state index contributed by atoms with van der Waals surface area (Å²) in [7, 11) is -5.74. The SMILES string of the molecule is CCCCCCCCCc1cccc(P(O)(O)(O)O)c1CCCCCCCCC. The normalized spacial score (nSPS) is 13.4. The standard InChI is InChI=1S/C24H45O4P/c1-3-5-7-9-11-13-15-18-22-19-17-21-24(29(25,26,27)28)23(22)20-16-14-12-10-8-6-4-2/h17,19,21,25-28H,3-16,18,20H2,1-2H3. The van der Waals surface area contributed by atoms with Gasteiger partial charge in [-0.05, 0) is 0 Å². The van der Waals surface area contributed by atoms with Crippen LogP contribution in [0.5, 0.6) is 0 Å². The second kappa shape index (κ2) is 13.7. The molecule has 0 amide bonds. The third kappa shape index (κ3) is 11.5. The fourth-order valence-electron chi connectivity index (χ4n) is 4.05. The molecular formula is C24H45O4P. The fraction of sp³-hybridized carbons (Fsp3) is 0.750. The first-order valence-corrected chi connectivity index (χ1v) is 13.9. The number of unbranched alkanes of at least 4 members (excludes halogenated alkanes) is 12. The zero-order valence-electron chi connectivity index (χ0n) is 18.8. The van der Waals surface area contributed by atoms with E-state index >= 15 is 0 Å². The molecule has 0 saturated heterocycles. The van der Waals surface area contributed by atoms with Crippen molar-refractivity contribution in [2.45, 2.75) is 117 Å². The minimum absolute atomic E-state index is 0.0672. The maximum absolute atomic E-state index is 9.95. The Kier molecular flexibility index (Phi) is 12.6. The van der Waals surface area contributed by atoms with Crippen molar-refractivity contribution in [3.63, 3.8) is 0 Å². The Hall–Kier alpha value is -0.510. The van der Waals surface area contributed by atoms with E-state index < -0.39 is 7.51 Å². The van der Waals surface area contributed by atoms with Crippen LogP contribution in [0, 0.1) is 0 Å². The van der Waals surface area contributed by atoms with Gasteiger partial charge >= 0.3 is 178 Å². The monoisotopic (exact) mass is 428 g/mol. The van der Waals surface area contributed by atoms with Gasteiger partial charge in [0.2, 0.25) is 0 Å². The van der Waals surface area contributed by atoms with Crippen molar-refractivity contribution in [3.8, 4) is 0 Å². The van der Waals surface area contributed by atoms with Gasteiger partial charge in [-0.25, -0.2) is 0 Å². The summed E-state index contributed by atoms with van der Waals surface area (Å²) in [4.78, 5) is 39.8. The van der Waals surface area contributed by atoms with Gasteiger partial charge < -0.3 is 0 Å². The molecule has 29 heavy (non-hydrogen) atoms. The molecule has 4 N–H and O–H groups in total. The van der Waals surface area contributed by atoms with E-state index in [2.05, 4.69) is 13.8 Å². The minimum atomic E-state index is -5.74. The Bertz CT molecular complexity index is 556. The molecule has 0 aliphatic heterocycles. The molecule has 0 atom stereocenters. The van der Waals surface area contributed by atoms with E-state index in [4.69, 9.17) is 0 Å². The van der Waals surface area contributed by atoms with E-state index in [1.807, 2.05) is 6.07 Å². The molecule has 0 fully saturated rings. The second-order valence-corrected chi connectivity index (χ2v) is 10.9. The average Bonchev–Trinajstić information content (AvgIpc) is 2.65. The van der Waals surface area contributed by atoms with E-state index in [0.29, 0.717) is 6.42 Å². The maximum atomic E-state index is 9.95. The van der Waals surface area contributed by atoms with Gasteiger partial charge in [0, 0.05) is 0 Å². The summed E-state index contributed by atoms with van der Waals surface area (Å²) in [5.74, 6) is 0. The van der Waals surface area contributed by atoms with Gasteiger partial charge in [-0.15, -0.1) is 0 Å². The molecule has 0 bridgehead atoms. The Labute approximate surface area is 178 Å². The topological polar surface area (TPSA) is 80.9 Å². The Morgan fingerprint density at radius 1 is 0.586 bits per heavy atom. The molecule has 0 spiro atoms. The number of hydrogen-bond donors (Lipinski definition) is 4. The first-order valence-electron chi connectivity index (χ1n) is 11.9. The number of rotatable bonds is 17. The van der Waals surface area contributed by atoms with E-state index in [0.717, 1.165) is 43.2 Å². The molecule has 1 rings (SSSR count). The predicted molar refractivity (Wildman–Crippen MR) is 125 cm³/mol. The molecule has 5 heteroatoms. The summed E-state index contributed by atoms with van der Waals surface area (Å²) in [6.45, 7) is 4.43. The fourth-order valence-corrected chi connectivity index (χ4v) is 5.14. The van der Waals surface area contributed by atoms with Crippen LogP contribution in [0.3, 0.4) is 0 Å². The van der Waals surface area contributed by atoms with Crippen molar-refractivity contribution in [3.05, 3.63) is 29.3 Å². The molecule has 0 aliphatic rings. The van der Waals surface area contributed by atoms with Crippen LogP contribution in [0.2, 0.25) is 0 Å². The average molecular weight is 429 g/mol. The molecular weight excluding hydrogens is 383 g/mol. The summed E-state index contributed by atoms with van der Waals surface area (Å²) < 4.78 is 0. The van der Waals surface area contributed by atoms with Crippen molar-refractivity contribution in [2.75, 3.05) is 0 Å². The summed E-state index contributed by atoms with van der Waals surface area (Å²) >= 11 is 0. The van der Waals surface area contributed by atoms with Gasteiger partial charge in [0.05, 0.1) is 0 Å². The van der Waals surface area contributed by atoms with Crippen LogP contribution in [0.15, 0.2) is 18.2 Å². The van der Waals surface area contributed by atoms with Gasteiger partial charge in [0.1, 0.15) is 0 Å². The van der Waals surface area contributed by atoms with E-state index in [-0.39, 0.29) is 5.30 Å². The van der Waals surface area contributed by atoms with Crippen molar-refractivity contribution in [2.24, 2.45) is 0 Å². The zero-order valence-corrected chi connectivity index (χ0v) is 19.7. The van der Waals surface area contributed by atoms with Gasteiger partial charge in [-0.1, -0.05) is 0 Å². The third-order valence-electron chi connectivity index (χ3n) is 5.76. The van der Waals surface area contributed by atoms with Crippen molar-refractivity contribution < 1.29 is 19.6 Å². The van der Waals surface area contributed by atoms with Crippen LogP contribution in [0.1, 0.15) is 115 Å². The van der Waals surface area contributed by atoms with Crippen LogP contribution < -0.4 is 5.30 Å². The Morgan fingerprint density at radius 2 is 1.03 bits per heavy atom. The molecule has 0 aliphatic carbocycles. The van der Waals surface area contributed by atoms with Gasteiger partial charge in [0.25, 0.3) is 0 Å². The molecule has 0 saturated carbocycles. The van der Waals surface area contributed by atoms with Crippen LogP contribution in [0.25, 0.3) is 0 Å². The number of hydrogen-bond acceptors (Lipinski definition) is 4. The molecule has 0 unspecified atom stereocenters. The van der Waals surface area contributed by atoms with Crippen molar-refractivity contribution in [1.82, 2.24) is 0 Å². The zero-order chi connectivity index (χ0) is 21.6. The van der Waals surface area contributed by atoms with Crippen molar-refractivity contribution >= 4 is 12.8 Å². The summed E-state index contributed by atoms with van der Waals surface area (Å²) in [5.41, 5.74) is 1.77. The van der Waals surface area contributed by atoms with Gasteiger partial charge in [-0.3, -0.25) is 0 Å². The second-order valence-electron chi connectivity index (χ2n) is 8.59. The molecule has 0 aromatic heterocycles. The van der Waals surface area contributed by atoms with Gasteiger partial charge in [0.15, 0.2) is 0 Å². The Balaban J connectivity index is 2.66. The van der Waals surface area contributed by atoms with E-state index in [1.165, 1.54) is 70.3 Å². The molecule has 170 valence electrons. The van der Waals surface area contributed by atoms with Gasteiger partial charge in [-0.2, -0.15) is 0 Å². The molecule has 1 aromatic rings. The Morgan fingerprint density at radius 3 is 1.52 bits per heavy atom. The summed E-state index contributed by atoms with van der Waals surface area (Å²) in [6.07, 6.45) is 18.3. The summed E-state index contributed by atoms with van der Waals surface area (Å²) in [5, 5.41) is -0.0672. The van der Waals surface area contributed by atoms with Crippen LogP contribution in [-0.2, 0) is 12.8 Å². The van der Waals surface area contributed by atoms with E-state index in [1.54, 1.807) is 6.07 Å². The third-order valence-corrected chi connectivity index (χ3v) is 7.04. The van der Waals surface area contributed by atoms with Crippen LogP contribution in [0.4, 0.5) is 0 Å².